The van der Waals surface area contributed by atoms with Crippen molar-refractivity contribution in [2.75, 3.05) is 36.4 Å². The molecule has 184 valence electrons. The van der Waals surface area contributed by atoms with Crippen LogP contribution in [0.3, 0.4) is 0 Å². The third-order valence-electron chi connectivity index (χ3n) is 7.34. The molecule has 3 amide bonds. The number of nitrogens with zero attached hydrogens (tertiary/aromatic N) is 4. The molecule has 0 spiro atoms. The number of para-hydroxylation sites is 1. The number of carbonyl (C=O) groups is 2. The van der Waals surface area contributed by atoms with Crippen molar-refractivity contribution < 1.29 is 19.6 Å². The van der Waals surface area contributed by atoms with E-state index < -0.39 is 22.6 Å². The van der Waals surface area contributed by atoms with Crippen LogP contribution >= 0.6 is 0 Å². The number of nitrogens with one attached hydrogen (secondary N) is 1. The second-order valence-electron chi connectivity index (χ2n) is 9.36. The Bertz CT molecular complexity index is 1130. The number of hydrogen-bond donors (Lipinski definition) is 2. The summed E-state index contributed by atoms with van der Waals surface area (Å²) < 4.78 is 0. The lowest BCUT2D eigenvalue weighted by Crippen LogP contribution is -2.67. The summed E-state index contributed by atoms with van der Waals surface area (Å²) >= 11 is 0. The lowest BCUT2D eigenvalue weighted by Gasteiger charge is -2.49. The molecular weight excluding hydrogens is 450 g/mol. The van der Waals surface area contributed by atoms with Gasteiger partial charge in [-0.25, -0.2) is 4.79 Å². The Hall–Kier alpha value is -3.66. The average Bonchev–Trinajstić information content (AvgIpc) is 2.89. The van der Waals surface area contributed by atoms with Gasteiger partial charge in [0.15, 0.2) is 0 Å². The molecule has 0 bridgehead atoms. The van der Waals surface area contributed by atoms with Crippen LogP contribution in [-0.2, 0) is 10.5 Å². The van der Waals surface area contributed by atoms with Crippen molar-refractivity contribution in [3.8, 4) is 0 Å². The third kappa shape index (κ3) is 4.07. The molecular formula is C25H29N5O5. The number of non-ortho nitro benzene ring substituents is 1. The van der Waals surface area contributed by atoms with Crippen molar-refractivity contribution >= 4 is 29.0 Å². The van der Waals surface area contributed by atoms with Crippen LogP contribution in [-0.4, -0.2) is 64.0 Å². The fourth-order valence-electron chi connectivity index (χ4n) is 5.51. The SMILES string of the molecule is O=C1Nc2ccccc2C(O)(C(=O)N2CCN(c3ccc([N+](=O)[O-])cc3)CC2)N1C1CCCCC1. The number of urea groups is 1. The highest BCUT2D eigenvalue weighted by Gasteiger charge is 2.55. The van der Waals surface area contributed by atoms with Gasteiger partial charge in [-0.2, -0.15) is 0 Å². The minimum Gasteiger partial charge on any atom is -0.368 e. The van der Waals surface area contributed by atoms with Crippen LogP contribution in [0.2, 0.25) is 0 Å². The standard InChI is InChI=1S/C25H29N5O5/c31-23(28-16-14-27(15-17-28)18-10-12-20(13-11-18)30(34)35)25(33)21-8-4-5-9-22(21)26-24(32)29(25)19-6-2-1-3-7-19/h4-5,8-13,19,33H,1-3,6-7,14-17H2,(H,26,32). The fraction of sp³-hybridized carbons (Fsp3) is 0.440. The molecule has 1 saturated heterocycles. The van der Waals surface area contributed by atoms with Gasteiger partial charge in [-0.05, 0) is 31.0 Å². The van der Waals surface area contributed by atoms with Gasteiger partial charge in [0.2, 0.25) is 0 Å². The summed E-state index contributed by atoms with van der Waals surface area (Å²) in [6, 6.07) is 12.6. The predicted octanol–water partition coefficient (Wildman–Crippen LogP) is 3.27. The molecule has 2 aliphatic heterocycles. The Balaban J connectivity index is 1.39. The number of carbonyl (C=O) groups excluding carboxylic acids is 2. The normalized spacial score (nSPS) is 23.0. The first-order valence-electron chi connectivity index (χ1n) is 12.1. The molecule has 0 aromatic heterocycles. The number of rotatable bonds is 4. The van der Waals surface area contributed by atoms with Crippen LogP contribution in [0.15, 0.2) is 48.5 Å². The molecule has 10 heteroatoms. The van der Waals surface area contributed by atoms with E-state index in [1.165, 1.54) is 17.0 Å². The highest BCUT2D eigenvalue weighted by atomic mass is 16.6. The zero-order chi connectivity index (χ0) is 24.6. The van der Waals surface area contributed by atoms with E-state index in [1.807, 2.05) is 0 Å². The van der Waals surface area contributed by atoms with Crippen LogP contribution in [0.5, 0.6) is 0 Å². The molecule has 0 radical (unpaired) electrons. The predicted molar refractivity (Wildman–Crippen MR) is 130 cm³/mol. The zero-order valence-corrected chi connectivity index (χ0v) is 19.4. The minimum absolute atomic E-state index is 0.0295. The molecule has 1 saturated carbocycles. The molecule has 3 aliphatic rings. The van der Waals surface area contributed by atoms with E-state index in [1.54, 1.807) is 41.3 Å². The number of piperazine rings is 1. The fourth-order valence-corrected chi connectivity index (χ4v) is 5.51. The van der Waals surface area contributed by atoms with Gasteiger partial charge in [-0.3, -0.25) is 19.8 Å². The van der Waals surface area contributed by atoms with E-state index in [9.17, 15) is 24.8 Å². The zero-order valence-electron chi connectivity index (χ0n) is 19.4. The van der Waals surface area contributed by atoms with Crippen molar-refractivity contribution in [2.45, 2.75) is 43.9 Å². The third-order valence-corrected chi connectivity index (χ3v) is 7.34. The Morgan fingerprint density at radius 1 is 1.00 bits per heavy atom. The number of aliphatic hydroxyl groups is 1. The Labute approximate surface area is 203 Å². The Kier molecular flexibility index (Phi) is 6.06. The molecule has 2 heterocycles. The van der Waals surface area contributed by atoms with Gasteiger partial charge >= 0.3 is 6.03 Å². The first kappa shape index (κ1) is 23.1. The van der Waals surface area contributed by atoms with Gasteiger partial charge in [0.25, 0.3) is 17.3 Å². The lowest BCUT2D eigenvalue weighted by atomic mass is 9.88. The van der Waals surface area contributed by atoms with Gasteiger partial charge < -0.3 is 20.2 Å². The summed E-state index contributed by atoms with van der Waals surface area (Å²) in [6.07, 6.45) is 4.49. The first-order chi connectivity index (χ1) is 16.9. The van der Waals surface area contributed by atoms with Crippen molar-refractivity contribution in [1.29, 1.82) is 0 Å². The molecule has 2 aromatic carbocycles. The topological polar surface area (TPSA) is 119 Å². The van der Waals surface area contributed by atoms with Crippen LogP contribution in [0.4, 0.5) is 21.9 Å². The second-order valence-corrected chi connectivity index (χ2v) is 9.36. The number of benzene rings is 2. The largest absolute Gasteiger partial charge is 0.368 e. The van der Waals surface area contributed by atoms with E-state index in [-0.39, 0.29) is 11.7 Å². The van der Waals surface area contributed by atoms with Crippen LogP contribution in [0.25, 0.3) is 0 Å². The maximum atomic E-state index is 14.0. The number of hydrogen-bond acceptors (Lipinski definition) is 6. The van der Waals surface area contributed by atoms with E-state index in [0.29, 0.717) is 37.4 Å². The smallest absolute Gasteiger partial charge is 0.325 e. The maximum Gasteiger partial charge on any atom is 0.325 e. The molecule has 35 heavy (non-hydrogen) atoms. The molecule has 5 rings (SSSR count). The summed E-state index contributed by atoms with van der Waals surface area (Å²) in [7, 11) is 0. The molecule has 2 N–H and O–H groups in total. The number of amides is 3. The van der Waals surface area contributed by atoms with E-state index >= 15 is 0 Å². The molecule has 1 unspecified atom stereocenters. The minimum atomic E-state index is -2.07. The molecule has 2 fully saturated rings. The van der Waals surface area contributed by atoms with Crippen molar-refractivity contribution in [3.63, 3.8) is 0 Å². The highest BCUT2D eigenvalue weighted by Crippen LogP contribution is 2.41. The van der Waals surface area contributed by atoms with Crippen LogP contribution in [0.1, 0.15) is 37.7 Å². The van der Waals surface area contributed by atoms with Crippen LogP contribution in [0, 0.1) is 10.1 Å². The summed E-state index contributed by atoms with van der Waals surface area (Å²) in [5, 5.41) is 25.9. The highest BCUT2D eigenvalue weighted by molar-refractivity contribution is 6.01. The average molecular weight is 480 g/mol. The van der Waals surface area contributed by atoms with Crippen molar-refractivity contribution in [2.24, 2.45) is 0 Å². The summed E-state index contributed by atoms with van der Waals surface area (Å²) in [4.78, 5) is 42.7. The van der Waals surface area contributed by atoms with Crippen molar-refractivity contribution in [3.05, 3.63) is 64.2 Å². The number of nitro groups is 1. The lowest BCUT2D eigenvalue weighted by molar-refractivity contribution is -0.384. The quantitative estimate of drug-likeness (QED) is 0.513. The van der Waals surface area contributed by atoms with Gasteiger partial charge in [0.1, 0.15) is 0 Å². The van der Waals surface area contributed by atoms with Crippen molar-refractivity contribution in [1.82, 2.24) is 9.80 Å². The summed E-state index contributed by atoms with van der Waals surface area (Å²) in [5.41, 5.74) is -0.358. The molecule has 10 nitrogen and oxygen atoms in total. The second kappa shape index (κ2) is 9.18. The number of anilines is 2. The monoisotopic (exact) mass is 479 g/mol. The van der Waals surface area contributed by atoms with E-state index in [4.69, 9.17) is 0 Å². The Morgan fingerprint density at radius 2 is 1.66 bits per heavy atom. The van der Waals surface area contributed by atoms with Gasteiger partial charge in [-0.15, -0.1) is 0 Å². The summed E-state index contributed by atoms with van der Waals surface area (Å²) in [6.45, 7) is 1.74. The first-order valence-corrected chi connectivity index (χ1v) is 12.1. The van der Waals surface area contributed by atoms with Gasteiger partial charge in [0.05, 0.1) is 10.6 Å². The molecule has 1 aliphatic carbocycles. The Morgan fingerprint density at radius 3 is 2.31 bits per heavy atom. The maximum absolute atomic E-state index is 14.0. The summed E-state index contributed by atoms with van der Waals surface area (Å²) in [5.74, 6) is -0.492. The van der Waals surface area contributed by atoms with Gasteiger partial charge in [-0.1, -0.05) is 37.5 Å². The molecule has 2 aromatic rings. The molecule has 1 atom stereocenters. The van der Waals surface area contributed by atoms with Crippen LogP contribution < -0.4 is 10.2 Å². The van der Waals surface area contributed by atoms with Gasteiger partial charge in [0, 0.05) is 55.6 Å². The van der Waals surface area contributed by atoms with E-state index in [0.717, 1.165) is 37.8 Å². The number of nitro benzene ring substituents is 1. The number of fused-ring (bicyclic) bond motifs is 1. The van der Waals surface area contributed by atoms with E-state index in [2.05, 4.69) is 10.2 Å².